The zero-order valence-electron chi connectivity index (χ0n) is 10.7. The number of carbonyl (C=O) groups is 1. The molecule has 0 bridgehead atoms. The van der Waals surface area contributed by atoms with Gasteiger partial charge in [0.15, 0.2) is 0 Å². The third kappa shape index (κ3) is 9.46. The molecule has 1 unspecified atom stereocenters. The highest BCUT2D eigenvalue weighted by molar-refractivity contribution is 5.78. The summed E-state index contributed by atoms with van der Waals surface area (Å²) in [6.45, 7) is 10.7. The van der Waals surface area contributed by atoms with Gasteiger partial charge in [0, 0.05) is 12.6 Å². The number of hydrogen-bond donors (Lipinski definition) is 2. The van der Waals surface area contributed by atoms with Gasteiger partial charge in [-0.25, -0.2) is 0 Å². The molecule has 1 atom stereocenters. The van der Waals surface area contributed by atoms with Crippen LogP contribution in [0.15, 0.2) is 24.3 Å². The van der Waals surface area contributed by atoms with Gasteiger partial charge in [-0.2, -0.15) is 0 Å². The van der Waals surface area contributed by atoms with Crippen molar-refractivity contribution in [3.05, 3.63) is 24.3 Å². The van der Waals surface area contributed by atoms with Crippen molar-refractivity contribution in [2.45, 2.75) is 39.7 Å². The van der Waals surface area contributed by atoms with Gasteiger partial charge in [-0.1, -0.05) is 17.7 Å². The molecule has 0 spiro atoms. The number of hydrogen-bond acceptors (Lipinski definition) is 2. The Kier molecular flexibility index (Phi) is 8.53. The van der Waals surface area contributed by atoms with Crippen molar-refractivity contribution in [1.82, 2.24) is 10.6 Å². The molecule has 0 rings (SSSR count). The molecule has 0 aromatic carbocycles. The van der Waals surface area contributed by atoms with Crippen LogP contribution in [0, 0.1) is 0 Å². The molecule has 0 aliphatic heterocycles. The lowest BCUT2D eigenvalue weighted by Gasteiger charge is -2.12. The van der Waals surface area contributed by atoms with E-state index in [4.69, 9.17) is 0 Å². The van der Waals surface area contributed by atoms with Crippen LogP contribution in [0.2, 0.25) is 0 Å². The second-order valence-electron chi connectivity index (χ2n) is 4.23. The van der Waals surface area contributed by atoms with Crippen molar-refractivity contribution in [3.63, 3.8) is 0 Å². The Morgan fingerprint density at radius 1 is 1.44 bits per heavy atom. The summed E-state index contributed by atoms with van der Waals surface area (Å²) in [6.07, 6.45) is 6.01. The molecule has 3 nitrogen and oxygen atoms in total. The number of carbonyl (C=O) groups excluding carboxylic acids is 1. The molecule has 0 aliphatic carbocycles. The van der Waals surface area contributed by atoms with Crippen molar-refractivity contribution in [2.75, 3.05) is 13.1 Å². The van der Waals surface area contributed by atoms with Crippen molar-refractivity contribution >= 4 is 5.91 Å². The van der Waals surface area contributed by atoms with Gasteiger partial charge in [0.1, 0.15) is 0 Å². The molecule has 0 saturated heterocycles. The smallest absolute Gasteiger partial charge is 0.234 e. The Balaban J connectivity index is 3.56. The molecule has 0 saturated carbocycles. The summed E-state index contributed by atoms with van der Waals surface area (Å²) >= 11 is 0. The highest BCUT2D eigenvalue weighted by Crippen LogP contribution is 2.00. The zero-order valence-corrected chi connectivity index (χ0v) is 10.7. The van der Waals surface area contributed by atoms with Crippen molar-refractivity contribution in [1.29, 1.82) is 0 Å². The topological polar surface area (TPSA) is 41.1 Å². The van der Waals surface area contributed by atoms with Gasteiger partial charge >= 0.3 is 0 Å². The summed E-state index contributed by atoms with van der Waals surface area (Å²) in [5.41, 5.74) is 1.34. The van der Waals surface area contributed by atoms with Crippen LogP contribution >= 0.6 is 0 Å². The molecule has 0 heterocycles. The minimum atomic E-state index is 0.0222. The molecule has 92 valence electrons. The standard InChI is InChI=1S/C13H24N2O/c1-5-9-14-13(16)10-15-12(4)8-6-7-11(2)3/h5,7,12,15H,1,6,8-10H2,2-4H3,(H,14,16). The first kappa shape index (κ1) is 14.9. The summed E-state index contributed by atoms with van der Waals surface area (Å²) in [7, 11) is 0. The fourth-order valence-corrected chi connectivity index (χ4v) is 1.24. The monoisotopic (exact) mass is 224 g/mol. The van der Waals surface area contributed by atoms with Crippen LogP contribution < -0.4 is 10.6 Å². The molecule has 0 aliphatic rings. The summed E-state index contributed by atoms with van der Waals surface area (Å²) in [5.74, 6) is 0.0222. The van der Waals surface area contributed by atoms with E-state index in [-0.39, 0.29) is 5.91 Å². The van der Waals surface area contributed by atoms with Gasteiger partial charge in [0.2, 0.25) is 5.91 Å². The third-order valence-electron chi connectivity index (χ3n) is 2.21. The van der Waals surface area contributed by atoms with Crippen molar-refractivity contribution in [2.24, 2.45) is 0 Å². The highest BCUT2D eigenvalue weighted by atomic mass is 16.1. The minimum absolute atomic E-state index is 0.0222. The summed E-state index contributed by atoms with van der Waals surface area (Å²) in [6, 6.07) is 0.366. The van der Waals surface area contributed by atoms with E-state index in [0.717, 1.165) is 12.8 Å². The number of allylic oxidation sites excluding steroid dienone is 2. The van der Waals surface area contributed by atoms with E-state index in [1.807, 2.05) is 0 Å². The molecule has 3 heteroatoms. The molecular weight excluding hydrogens is 200 g/mol. The Bertz CT molecular complexity index is 242. The third-order valence-corrected chi connectivity index (χ3v) is 2.21. The van der Waals surface area contributed by atoms with Crippen LogP contribution in [0.3, 0.4) is 0 Å². The Labute approximate surface area is 99.0 Å². The van der Waals surface area contributed by atoms with E-state index in [1.165, 1.54) is 5.57 Å². The van der Waals surface area contributed by atoms with Gasteiger partial charge in [0.25, 0.3) is 0 Å². The first-order valence-electron chi connectivity index (χ1n) is 5.80. The Hall–Kier alpha value is -1.09. The maximum absolute atomic E-state index is 11.3. The van der Waals surface area contributed by atoms with Crippen LogP contribution in [-0.4, -0.2) is 25.0 Å². The molecule has 0 radical (unpaired) electrons. The summed E-state index contributed by atoms with van der Waals surface area (Å²) in [5, 5.41) is 5.92. The van der Waals surface area contributed by atoms with E-state index in [2.05, 4.69) is 44.1 Å². The van der Waals surface area contributed by atoms with Gasteiger partial charge in [0.05, 0.1) is 6.54 Å². The zero-order chi connectivity index (χ0) is 12.4. The van der Waals surface area contributed by atoms with E-state index < -0.39 is 0 Å². The second-order valence-corrected chi connectivity index (χ2v) is 4.23. The molecule has 2 N–H and O–H groups in total. The SMILES string of the molecule is C=CCNC(=O)CNC(C)CCC=C(C)C. The van der Waals surface area contributed by atoms with Crippen molar-refractivity contribution in [3.8, 4) is 0 Å². The van der Waals surface area contributed by atoms with E-state index >= 15 is 0 Å². The van der Waals surface area contributed by atoms with Crippen LogP contribution in [0.5, 0.6) is 0 Å². The fourth-order valence-electron chi connectivity index (χ4n) is 1.24. The molecule has 0 aromatic heterocycles. The normalized spacial score (nSPS) is 11.7. The maximum atomic E-state index is 11.3. The second kappa shape index (κ2) is 9.16. The molecule has 16 heavy (non-hydrogen) atoms. The van der Waals surface area contributed by atoms with Gasteiger partial charge in [-0.05, 0) is 33.6 Å². The predicted octanol–water partition coefficient (Wildman–Crippen LogP) is 2.01. The number of nitrogens with one attached hydrogen (secondary N) is 2. The molecule has 0 fully saturated rings. The minimum Gasteiger partial charge on any atom is -0.352 e. The van der Waals surface area contributed by atoms with E-state index in [0.29, 0.717) is 19.1 Å². The average molecular weight is 224 g/mol. The predicted molar refractivity (Wildman–Crippen MR) is 69.3 cm³/mol. The fraction of sp³-hybridized carbons (Fsp3) is 0.615. The largest absolute Gasteiger partial charge is 0.352 e. The Morgan fingerprint density at radius 2 is 2.12 bits per heavy atom. The molecular formula is C13H24N2O. The maximum Gasteiger partial charge on any atom is 0.234 e. The van der Waals surface area contributed by atoms with Crippen LogP contribution in [0.1, 0.15) is 33.6 Å². The van der Waals surface area contributed by atoms with Gasteiger partial charge in [-0.15, -0.1) is 6.58 Å². The lowest BCUT2D eigenvalue weighted by Crippen LogP contribution is -2.37. The van der Waals surface area contributed by atoms with Gasteiger partial charge < -0.3 is 10.6 Å². The van der Waals surface area contributed by atoms with Crippen LogP contribution in [-0.2, 0) is 4.79 Å². The number of amides is 1. The first-order chi connectivity index (χ1) is 7.56. The molecule has 0 aromatic rings. The summed E-state index contributed by atoms with van der Waals surface area (Å²) < 4.78 is 0. The van der Waals surface area contributed by atoms with E-state index in [1.54, 1.807) is 6.08 Å². The van der Waals surface area contributed by atoms with Crippen molar-refractivity contribution < 1.29 is 4.79 Å². The summed E-state index contributed by atoms with van der Waals surface area (Å²) in [4.78, 5) is 11.3. The van der Waals surface area contributed by atoms with E-state index in [9.17, 15) is 4.79 Å². The first-order valence-corrected chi connectivity index (χ1v) is 5.80. The molecule has 1 amide bonds. The van der Waals surface area contributed by atoms with Gasteiger partial charge in [-0.3, -0.25) is 4.79 Å². The average Bonchev–Trinajstić information content (AvgIpc) is 2.23. The van der Waals surface area contributed by atoms with Crippen LogP contribution in [0.25, 0.3) is 0 Å². The lowest BCUT2D eigenvalue weighted by atomic mass is 10.1. The highest BCUT2D eigenvalue weighted by Gasteiger charge is 2.03. The quantitative estimate of drug-likeness (QED) is 0.619. The number of rotatable bonds is 8. The lowest BCUT2D eigenvalue weighted by molar-refractivity contribution is -0.120. The Morgan fingerprint density at radius 3 is 2.69 bits per heavy atom. The van der Waals surface area contributed by atoms with Crippen LogP contribution in [0.4, 0.5) is 0 Å².